The van der Waals surface area contributed by atoms with Gasteiger partial charge in [-0.2, -0.15) is 0 Å². The number of piperazine rings is 2. The maximum absolute atomic E-state index is 10.2. The van der Waals surface area contributed by atoms with Gasteiger partial charge in [0.2, 0.25) is 5.79 Å². The highest BCUT2D eigenvalue weighted by Gasteiger charge is 2.69. The Kier molecular flexibility index (Phi) is 11.3. The molecule has 11 nitrogen and oxygen atoms in total. The first kappa shape index (κ1) is 39.6. The lowest BCUT2D eigenvalue weighted by atomic mass is 9.58. The number of halogens is 2. The van der Waals surface area contributed by atoms with Gasteiger partial charge < -0.3 is 24.4 Å². The van der Waals surface area contributed by atoms with Crippen LogP contribution in [0, 0.1) is 23.7 Å². The van der Waals surface area contributed by atoms with Gasteiger partial charge in [-0.1, -0.05) is 37.0 Å². The second kappa shape index (κ2) is 16.3. The summed E-state index contributed by atoms with van der Waals surface area (Å²) in [6, 6.07) is 16.3. The van der Waals surface area contributed by atoms with Crippen molar-refractivity contribution in [3.63, 3.8) is 0 Å². The Balaban J connectivity index is 0.000000177. The molecule has 4 aromatic rings. The second-order valence-corrected chi connectivity index (χ2v) is 18.2. The average molecular weight is 820 g/mol. The molecule has 1 spiro atoms. The number of hydrogen-bond donors (Lipinski definition) is 1. The Morgan fingerprint density at radius 3 is 1.84 bits per heavy atom. The first-order chi connectivity index (χ1) is 27.6. The van der Waals surface area contributed by atoms with Crippen molar-refractivity contribution < 1.29 is 24.4 Å². The van der Waals surface area contributed by atoms with E-state index in [2.05, 4.69) is 60.8 Å². The maximum atomic E-state index is 10.2. The monoisotopic (exact) mass is 818 g/mol. The fourth-order valence-corrected chi connectivity index (χ4v) is 10.9. The Hall–Kier alpha value is -2.84. The SMILES string of the molecule is C[C@H]1[C@@H](O)O[C@@H]2O[C@@]3(C)CC[C@H]4[C@H](C)CC[C@@H]1[C@@]24OO3.Clc1ccc2c(N3CCN(CCCN4CCN(c5ccnc6cc(Cl)ccc56)CC4)CC3)ccnc2c1. The fourth-order valence-electron chi connectivity index (χ4n) is 10.6. The third kappa shape index (κ3) is 7.73. The van der Waals surface area contributed by atoms with E-state index >= 15 is 0 Å². The maximum Gasteiger partial charge on any atom is 0.201 e. The van der Waals surface area contributed by atoms with Gasteiger partial charge in [-0.25, -0.2) is 9.78 Å². The third-order valence-electron chi connectivity index (χ3n) is 13.9. The summed E-state index contributed by atoms with van der Waals surface area (Å²) in [5, 5.41) is 14.0. The molecule has 1 N–H and O–H groups in total. The molecule has 11 rings (SSSR count). The van der Waals surface area contributed by atoms with Crippen molar-refractivity contribution in [3.05, 3.63) is 71.0 Å². The molecule has 8 heterocycles. The van der Waals surface area contributed by atoms with Gasteiger partial charge in [0, 0.05) is 115 Å². The number of aromatic nitrogens is 2. The number of fused-ring (bicyclic) bond motifs is 4. The normalized spacial score (nSPS) is 33.2. The van der Waals surface area contributed by atoms with Crippen LogP contribution in [0.2, 0.25) is 10.0 Å². The van der Waals surface area contributed by atoms with E-state index in [1.807, 2.05) is 50.5 Å². The molecule has 2 bridgehead atoms. The lowest BCUT2D eigenvalue weighted by Gasteiger charge is -2.59. The molecule has 2 aromatic carbocycles. The lowest BCUT2D eigenvalue weighted by molar-refractivity contribution is -0.576. The molecule has 0 radical (unpaired) electrons. The molecule has 7 aliphatic rings. The van der Waals surface area contributed by atoms with Crippen molar-refractivity contribution in [1.29, 1.82) is 0 Å². The number of pyridine rings is 2. The topological polar surface area (TPSA) is 95.9 Å². The lowest BCUT2D eigenvalue weighted by Crippen LogP contribution is -2.70. The Labute approximate surface area is 346 Å². The molecule has 0 amide bonds. The predicted molar refractivity (Wildman–Crippen MR) is 224 cm³/mol. The Morgan fingerprint density at radius 1 is 0.719 bits per heavy atom. The summed E-state index contributed by atoms with van der Waals surface area (Å²) in [4.78, 5) is 30.8. The molecule has 13 heteroatoms. The van der Waals surface area contributed by atoms with Gasteiger partial charge in [0.1, 0.15) is 0 Å². The highest BCUT2D eigenvalue weighted by Crippen LogP contribution is 2.60. The first-order valence-corrected chi connectivity index (χ1v) is 21.8. The summed E-state index contributed by atoms with van der Waals surface area (Å²) in [6.45, 7) is 17.1. The van der Waals surface area contributed by atoms with Crippen LogP contribution in [0.5, 0.6) is 0 Å². The number of hydrogen-bond acceptors (Lipinski definition) is 11. The van der Waals surface area contributed by atoms with Crippen LogP contribution in [0.4, 0.5) is 11.4 Å². The van der Waals surface area contributed by atoms with E-state index < -0.39 is 24.0 Å². The Morgan fingerprint density at radius 2 is 1.28 bits per heavy atom. The summed E-state index contributed by atoms with van der Waals surface area (Å²) in [5.41, 5.74) is 3.92. The van der Waals surface area contributed by atoms with Crippen molar-refractivity contribution in [3.8, 4) is 0 Å². The number of aliphatic hydroxyl groups excluding tert-OH is 1. The van der Waals surface area contributed by atoms with Crippen molar-refractivity contribution in [2.24, 2.45) is 23.7 Å². The van der Waals surface area contributed by atoms with Crippen molar-refractivity contribution in [2.75, 3.05) is 75.2 Å². The van der Waals surface area contributed by atoms with Crippen LogP contribution >= 0.6 is 23.2 Å². The predicted octanol–water partition coefficient (Wildman–Crippen LogP) is 7.61. The second-order valence-electron chi connectivity index (χ2n) is 17.3. The number of ether oxygens (including phenoxy) is 2. The van der Waals surface area contributed by atoms with Gasteiger partial charge in [0.05, 0.1) is 11.0 Å². The van der Waals surface area contributed by atoms with E-state index in [1.165, 1.54) is 35.0 Å². The van der Waals surface area contributed by atoms with Gasteiger partial charge in [-0.05, 0) is 106 Å². The molecule has 1 saturated carbocycles. The number of nitrogens with zero attached hydrogens (tertiary/aromatic N) is 6. The molecule has 57 heavy (non-hydrogen) atoms. The number of anilines is 2. The molecule has 6 aliphatic heterocycles. The largest absolute Gasteiger partial charge is 0.368 e. The smallest absolute Gasteiger partial charge is 0.201 e. The van der Waals surface area contributed by atoms with Crippen LogP contribution in [0.3, 0.4) is 0 Å². The van der Waals surface area contributed by atoms with Crippen LogP contribution in [-0.2, 0) is 19.2 Å². The first-order valence-electron chi connectivity index (χ1n) is 21.0. The van der Waals surface area contributed by atoms with E-state index in [-0.39, 0.29) is 11.8 Å². The van der Waals surface area contributed by atoms with Crippen molar-refractivity contribution in [2.45, 2.75) is 76.8 Å². The summed E-state index contributed by atoms with van der Waals surface area (Å²) in [7, 11) is 0. The molecule has 2 aromatic heterocycles. The summed E-state index contributed by atoms with van der Waals surface area (Å²) in [5.74, 6) is 0.437. The van der Waals surface area contributed by atoms with Crippen LogP contribution in [0.1, 0.15) is 52.9 Å². The zero-order valence-electron chi connectivity index (χ0n) is 33.4. The molecular weight excluding hydrogens is 763 g/mol. The molecule has 1 aliphatic carbocycles. The highest BCUT2D eigenvalue weighted by molar-refractivity contribution is 6.31. The molecule has 8 atom stereocenters. The molecule has 0 unspecified atom stereocenters. The molecule has 6 saturated heterocycles. The average Bonchev–Trinajstić information content (AvgIpc) is 3.45. The van der Waals surface area contributed by atoms with Gasteiger partial charge >= 0.3 is 0 Å². The quantitative estimate of drug-likeness (QED) is 0.195. The fraction of sp³-hybridized carbons (Fsp3) is 0.591. The van der Waals surface area contributed by atoms with E-state index in [0.717, 1.165) is 106 Å². The summed E-state index contributed by atoms with van der Waals surface area (Å²) in [6.07, 6.45) is 7.73. The summed E-state index contributed by atoms with van der Waals surface area (Å²) < 4.78 is 11.9. The van der Waals surface area contributed by atoms with Gasteiger partial charge in [0.25, 0.3) is 0 Å². The van der Waals surface area contributed by atoms with Gasteiger partial charge in [0.15, 0.2) is 18.2 Å². The van der Waals surface area contributed by atoms with E-state index in [4.69, 9.17) is 42.5 Å². The van der Waals surface area contributed by atoms with E-state index in [1.54, 1.807) is 0 Å². The Bertz CT molecular complexity index is 1940. The van der Waals surface area contributed by atoms with Crippen LogP contribution < -0.4 is 9.80 Å². The molecule has 306 valence electrons. The van der Waals surface area contributed by atoms with Gasteiger partial charge in [-0.15, -0.1) is 0 Å². The zero-order chi connectivity index (χ0) is 39.3. The van der Waals surface area contributed by atoms with E-state index in [0.29, 0.717) is 11.8 Å². The zero-order valence-corrected chi connectivity index (χ0v) is 34.9. The molecular formula is C44H56Cl2N6O5. The molecule has 7 fully saturated rings. The standard InChI is InChI=1S/C29H32Cl2N6.C15H24O5/c30-22-2-4-24-26(20-22)32-8-6-28(24)36-16-12-34(13-17-36)10-1-11-35-14-18-37(19-15-35)29-7-9-33-27-21-23(31)3-5-25(27)29;1-8-4-5-11-9(2)12(16)17-13-15(11)10(8)6-7-14(3,18-13)19-20-15/h2-9,20-21H,1,10-19H2;8-13,16H,4-7H2,1-3H3/t;8-,9-,10+,11+,12+,13-,14-,15-/m.1/s1. The number of benzene rings is 2. The minimum Gasteiger partial charge on any atom is -0.368 e. The van der Waals surface area contributed by atoms with E-state index in [9.17, 15) is 5.11 Å². The number of rotatable bonds is 6. The van der Waals surface area contributed by atoms with Crippen molar-refractivity contribution >= 4 is 56.4 Å². The number of aliphatic hydroxyl groups is 1. The van der Waals surface area contributed by atoms with Crippen LogP contribution in [0.25, 0.3) is 21.8 Å². The van der Waals surface area contributed by atoms with Crippen LogP contribution in [0.15, 0.2) is 60.9 Å². The highest BCUT2D eigenvalue weighted by atomic mass is 35.5. The minimum atomic E-state index is -0.781. The third-order valence-corrected chi connectivity index (χ3v) is 14.3. The summed E-state index contributed by atoms with van der Waals surface area (Å²) >= 11 is 12.3. The van der Waals surface area contributed by atoms with Gasteiger partial charge in [-0.3, -0.25) is 19.8 Å². The van der Waals surface area contributed by atoms with Crippen molar-refractivity contribution in [1.82, 2.24) is 19.8 Å². The minimum absolute atomic E-state index is 0.0379. The van der Waals surface area contributed by atoms with Crippen LogP contribution in [-0.4, -0.2) is 114 Å².